The van der Waals surface area contributed by atoms with Gasteiger partial charge in [-0.2, -0.15) is 0 Å². The smallest absolute Gasteiger partial charge is 0.226 e. The molecule has 26 heavy (non-hydrogen) atoms. The maximum absolute atomic E-state index is 12.9. The molecule has 0 aromatic heterocycles. The summed E-state index contributed by atoms with van der Waals surface area (Å²) >= 11 is 12.2. The molecule has 2 atom stereocenters. The van der Waals surface area contributed by atoms with Crippen LogP contribution in [0, 0.1) is 5.92 Å². The summed E-state index contributed by atoms with van der Waals surface area (Å²) in [7, 11) is 3.83. The molecule has 1 saturated heterocycles. The van der Waals surface area contributed by atoms with Crippen LogP contribution in [-0.2, 0) is 16.0 Å². The number of hydrogen-bond acceptors (Lipinski definition) is 3. The minimum absolute atomic E-state index is 0.0485. The number of amides is 1. The van der Waals surface area contributed by atoms with Crippen LogP contribution in [-0.4, -0.2) is 48.2 Å². The lowest BCUT2D eigenvalue weighted by Gasteiger charge is -2.32. The molecule has 140 valence electrons. The Morgan fingerprint density at radius 3 is 2.69 bits per heavy atom. The topological polar surface area (TPSA) is 40.6 Å². The molecule has 6 heteroatoms. The summed E-state index contributed by atoms with van der Waals surface area (Å²) in [5, 5.41) is 1.22. The van der Waals surface area contributed by atoms with Crippen LogP contribution >= 0.6 is 23.2 Å². The second-order valence-corrected chi connectivity index (χ2v) is 8.24. The van der Waals surface area contributed by atoms with Crippen molar-refractivity contribution >= 4 is 34.9 Å². The SMILES string of the molecule is CN(C)/C=C1\CC(N2CCC(Cc3ccc(Cl)cc3Cl)C2=O)CCC1=O. The predicted octanol–water partition coefficient (Wildman–Crippen LogP) is 3.95. The fourth-order valence-corrected chi connectivity index (χ4v) is 4.38. The first-order valence-electron chi connectivity index (χ1n) is 9.00. The molecular formula is C20H24Cl2N2O2. The van der Waals surface area contributed by atoms with Crippen LogP contribution in [0.1, 0.15) is 31.2 Å². The van der Waals surface area contributed by atoms with Gasteiger partial charge in [-0.3, -0.25) is 9.59 Å². The molecule has 0 spiro atoms. The average Bonchev–Trinajstić information content (AvgIpc) is 2.93. The zero-order chi connectivity index (χ0) is 18.8. The molecule has 0 bridgehead atoms. The molecule has 1 amide bonds. The maximum atomic E-state index is 12.9. The van der Waals surface area contributed by atoms with Gasteiger partial charge in [-0.25, -0.2) is 0 Å². The minimum Gasteiger partial charge on any atom is -0.383 e. The summed E-state index contributed by atoms with van der Waals surface area (Å²) in [5.41, 5.74) is 1.78. The molecule has 0 N–H and O–H groups in total. The first-order chi connectivity index (χ1) is 12.3. The Balaban J connectivity index is 1.68. The van der Waals surface area contributed by atoms with E-state index in [9.17, 15) is 9.59 Å². The average molecular weight is 395 g/mol. The molecule has 1 aliphatic carbocycles. The van der Waals surface area contributed by atoms with Crippen molar-refractivity contribution in [1.82, 2.24) is 9.80 Å². The summed E-state index contributed by atoms with van der Waals surface area (Å²) < 4.78 is 0. The van der Waals surface area contributed by atoms with Gasteiger partial charge in [0.1, 0.15) is 0 Å². The van der Waals surface area contributed by atoms with E-state index >= 15 is 0 Å². The lowest BCUT2D eigenvalue weighted by atomic mass is 9.89. The van der Waals surface area contributed by atoms with Crippen LogP contribution in [0.5, 0.6) is 0 Å². The molecule has 1 saturated carbocycles. The van der Waals surface area contributed by atoms with Gasteiger partial charge in [0.15, 0.2) is 5.78 Å². The summed E-state index contributed by atoms with van der Waals surface area (Å²) in [4.78, 5) is 28.9. The third-order valence-corrected chi connectivity index (χ3v) is 5.79. The Hall–Kier alpha value is -1.52. The van der Waals surface area contributed by atoms with E-state index in [1.807, 2.05) is 42.2 Å². The van der Waals surface area contributed by atoms with Crippen molar-refractivity contribution in [3.63, 3.8) is 0 Å². The minimum atomic E-state index is -0.0485. The number of benzene rings is 1. The van der Waals surface area contributed by atoms with Gasteiger partial charge < -0.3 is 9.80 Å². The number of ketones is 1. The summed E-state index contributed by atoms with van der Waals surface area (Å²) in [6, 6.07) is 5.56. The van der Waals surface area contributed by atoms with Gasteiger partial charge in [-0.15, -0.1) is 0 Å². The first kappa shape index (κ1) is 19.2. The van der Waals surface area contributed by atoms with Gasteiger partial charge in [0, 0.05) is 60.8 Å². The van der Waals surface area contributed by atoms with Crippen molar-refractivity contribution in [1.29, 1.82) is 0 Å². The van der Waals surface area contributed by atoms with Crippen LogP contribution in [0.15, 0.2) is 30.0 Å². The molecule has 2 fully saturated rings. The molecule has 1 heterocycles. The van der Waals surface area contributed by atoms with Crippen LogP contribution < -0.4 is 0 Å². The largest absolute Gasteiger partial charge is 0.383 e. The van der Waals surface area contributed by atoms with E-state index in [1.165, 1.54) is 0 Å². The van der Waals surface area contributed by atoms with Crippen molar-refractivity contribution in [3.05, 3.63) is 45.6 Å². The summed E-state index contributed by atoms with van der Waals surface area (Å²) in [6.45, 7) is 0.753. The standard InChI is InChI=1S/C20H24Cl2N2O2/c1-23(2)12-15-10-17(5-6-19(15)25)24-8-7-14(20(24)26)9-13-3-4-16(21)11-18(13)22/h3-4,11-12,14,17H,5-10H2,1-2H3/b15-12+. The Kier molecular flexibility index (Phi) is 5.93. The van der Waals surface area contributed by atoms with Crippen molar-refractivity contribution in [2.75, 3.05) is 20.6 Å². The fourth-order valence-electron chi connectivity index (χ4n) is 3.90. The summed E-state index contributed by atoms with van der Waals surface area (Å²) in [5.74, 6) is 0.332. The Labute approximate surface area is 164 Å². The normalized spacial score (nSPS) is 25.2. The molecule has 1 aromatic carbocycles. The number of Topliss-reactive ketones (excluding diaryl/α,β-unsaturated/α-hetero) is 1. The van der Waals surface area contributed by atoms with E-state index < -0.39 is 0 Å². The predicted molar refractivity (Wildman–Crippen MR) is 104 cm³/mol. The zero-order valence-electron chi connectivity index (χ0n) is 15.2. The second kappa shape index (κ2) is 8.01. The van der Waals surface area contributed by atoms with E-state index in [4.69, 9.17) is 23.2 Å². The molecule has 4 nitrogen and oxygen atoms in total. The highest BCUT2D eigenvalue weighted by molar-refractivity contribution is 6.35. The molecule has 3 rings (SSSR count). The van der Waals surface area contributed by atoms with Gasteiger partial charge in [-0.05, 0) is 43.4 Å². The van der Waals surface area contributed by atoms with Crippen LogP contribution in [0.2, 0.25) is 10.0 Å². The van der Waals surface area contributed by atoms with E-state index in [-0.39, 0.29) is 23.7 Å². The highest BCUT2D eigenvalue weighted by Crippen LogP contribution is 2.33. The van der Waals surface area contributed by atoms with Gasteiger partial charge in [0.05, 0.1) is 0 Å². The zero-order valence-corrected chi connectivity index (χ0v) is 16.7. The number of likely N-dealkylation sites (tertiary alicyclic amines) is 1. The lowest BCUT2D eigenvalue weighted by molar-refractivity contribution is -0.134. The third-order valence-electron chi connectivity index (χ3n) is 5.21. The molecule has 2 aliphatic rings. The van der Waals surface area contributed by atoms with Crippen LogP contribution in [0.3, 0.4) is 0 Å². The van der Waals surface area contributed by atoms with Crippen LogP contribution in [0.25, 0.3) is 0 Å². The van der Waals surface area contributed by atoms with Crippen molar-refractivity contribution in [2.24, 2.45) is 5.92 Å². The number of rotatable bonds is 4. The van der Waals surface area contributed by atoms with Gasteiger partial charge >= 0.3 is 0 Å². The number of halogens is 2. The number of carbonyl (C=O) groups is 2. The fraction of sp³-hybridized carbons (Fsp3) is 0.500. The second-order valence-electron chi connectivity index (χ2n) is 7.39. The van der Waals surface area contributed by atoms with Crippen molar-refractivity contribution in [2.45, 2.75) is 38.1 Å². The van der Waals surface area contributed by atoms with E-state index in [0.29, 0.717) is 29.3 Å². The molecule has 2 unspecified atom stereocenters. The first-order valence-corrected chi connectivity index (χ1v) is 9.75. The number of hydrogen-bond donors (Lipinski definition) is 0. The Morgan fingerprint density at radius 1 is 1.23 bits per heavy atom. The maximum Gasteiger partial charge on any atom is 0.226 e. The number of carbonyl (C=O) groups excluding carboxylic acids is 2. The quantitative estimate of drug-likeness (QED) is 0.725. The highest BCUT2D eigenvalue weighted by atomic mass is 35.5. The van der Waals surface area contributed by atoms with Gasteiger partial charge in [-0.1, -0.05) is 29.3 Å². The number of nitrogens with zero attached hydrogens (tertiary/aromatic N) is 2. The molecular weight excluding hydrogens is 371 g/mol. The van der Waals surface area contributed by atoms with Crippen molar-refractivity contribution in [3.8, 4) is 0 Å². The third kappa shape index (κ3) is 4.24. The molecule has 0 radical (unpaired) electrons. The van der Waals surface area contributed by atoms with Gasteiger partial charge in [0.2, 0.25) is 5.91 Å². The summed E-state index contributed by atoms with van der Waals surface area (Å²) in [6.07, 6.45) is 5.27. The Morgan fingerprint density at radius 2 is 2.00 bits per heavy atom. The van der Waals surface area contributed by atoms with Gasteiger partial charge in [0.25, 0.3) is 0 Å². The molecule has 1 aliphatic heterocycles. The van der Waals surface area contributed by atoms with Crippen molar-refractivity contribution < 1.29 is 9.59 Å². The monoisotopic (exact) mass is 394 g/mol. The molecule has 1 aromatic rings. The van der Waals surface area contributed by atoms with E-state index in [1.54, 1.807) is 6.07 Å². The highest BCUT2D eigenvalue weighted by Gasteiger charge is 2.38. The van der Waals surface area contributed by atoms with E-state index in [0.717, 1.165) is 30.5 Å². The van der Waals surface area contributed by atoms with E-state index in [2.05, 4.69) is 0 Å². The Bertz CT molecular complexity index is 745. The van der Waals surface area contributed by atoms with Crippen LogP contribution in [0.4, 0.5) is 0 Å². The lowest BCUT2D eigenvalue weighted by Crippen LogP contribution is -2.41.